The fourth-order valence-electron chi connectivity index (χ4n) is 3.25. The Kier molecular flexibility index (Phi) is 8.95. The van der Waals surface area contributed by atoms with Crippen LogP contribution in [0.3, 0.4) is 0 Å². The van der Waals surface area contributed by atoms with Gasteiger partial charge in [0.05, 0.1) is 31.3 Å². The molecule has 2 atom stereocenters. The SMILES string of the molecule is CC[C@@H](C)c1nc2ccc(Br)cc2c(=O)n1N=Cc1cc(OC)c(O[C@H](C)C(=O)OC)c(Cl)c1Br. The number of methoxy groups -OCH3 is 2. The number of carbonyl (C=O) groups excluding carboxylic acids is 1. The van der Waals surface area contributed by atoms with E-state index in [2.05, 4.69) is 37.0 Å². The quantitative estimate of drug-likeness (QED) is 0.227. The number of fused-ring (bicyclic) bond motifs is 1. The smallest absolute Gasteiger partial charge is 0.346 e. The Bertz CT molecular complexity index is 1360. The van der Waals surface area contributed by atoms with Gasteiger partial charge in [-0.1, -0.05) is 41.4 Å². The molecule has 2 aromatic carbocycles. The van der Waals surface area contributed by atoms with E-state index in [1.54, 1.807) is 25.1 Å². The third-order valence-corrected chi connectivity index (χ3v) is 7.34. The van der Waals surface area contributed by atoms with E-state index in [1.807, 2.05) is 19.9 Å². The van der Waals surface area contributed by atoms with Crippen LogP contribution in [-0.2, 0) is 9.53 Å². The molecule has 11 heteroatoms. The number of esters is 1. The molecule has 3 aromatic rings. The molecule has 0 fully saturated rings. The lowest BCUT2D eigenvalue weighted by atomic mass is 10.1. The van der Waals surface area contributed by atoms with Crippen molar-refractivity contribution < 1.29 is 19.0 Å². The number of benzene rings is 2. The van der Waals surface area contributed by atoms with Gasteiger partial charge in [-0.2, -0.15) is 9.78 Å². The topological polar surface area (TPSA) is 92.0 Å². The van der Waals surface area contributed by atoms with Crippen LogP contribution in [0.4, 0.5) is 0 Å². The van der Waals surface area contributed by atoms with Crippen LogP contribution in [0.2, 0.25) is 5.02 Å². The minimum atomic E-state index is -0.905. The van der Waals surface area contributed by atoms with E-state index in [0.717, 1.165) is 10.9 Å². The lowest BCUT2D eigenvalue weighted by Crippen LogP contribution is -2.25. The molecule has 0 aliphatic rings. The van der Waals surface area contributed by atoms with Crippen molar-refractivity contribution in [2.24, 2.45) is 5.10 Å². The first-order valence-electron chi connectivity index (χ1n) is 10.7. The van der Waals surface area contributed by atoms with Crippen LogP contribution >= 0.6 is 43.5 Å². The second-order valence-electron chi connectivity index (χ2n) is 7.71. The second kappa shape index (κ2) is 11.5. The Morgan fingerprint density at radius 2 is 1.97 bits per heavy atom. The largest absolute Gasteiger partial charge is 0.493 e. The monoisotopic (exact) mass is 627 g/mol. The number of aromatic nitrogens is 2. The van der Waals surface area contributed by atoms with Crippen LogP contribution in [0.1, 0.15) is 44.5 Å². The number of hydrogen-bond acceptors (Lipinski definition) is 7. The first-order valence-corrected chi connectivity index (χ1v) is 12.7. The number of halogens is 3. The van der Waals surface area contributed by atoms with Gasteiger partial charge in [-0.25, -0.2) is 9.78 Å². The van der Waals surface area contributed by atoms with Gasteiger partial charge >= 0.3 is 5.97 Å². The highest BCUT2D eigenvalue weighted by Gasteiger charge is 2.23. The zero-order valence-electron chi connectivity index (χ0n) is 19.8. The molecule has 0 amide bonds. The van der Waals surface area contributed by atoms with Crippen LogP contribution in [-0.4, -0.2) is 42.2 Å². The average Bonchev–Trinajstić information content (AvgIpc) is 2.86. The summed E-state index contributed by atoms with van der Waals surface area (Å²) in [5.74, 6) is 0.433. The summed E-state index contributed by atoms with van der Waals surface area (Å²) in [6.07, 6.45) is 1.36. The molecule has 0 aliphatic carbocycles. The Morgan fingerprint density at radius 1 is 1.26 bits per heavy atom. The van der Waals surface area contributed by atoms with Crippen molar-refractivity contribution in [1.82, 2.24) is 9.66 Å². The van der Waals surface area contributed by atoms with E-state index < -0.39 is 12.1 Å². The van der Waals surface area contributed by atoms with E-state index in [-0.39, 0.29) is 28.0 Å². The van der Waals surface area contributed by atoms with Crippen molar-refractivity contribution >= 4 is 66.5 Å². The Morgan fingerprint density at radius 3 is 2.60 bits per heavy atom. The van der Waals surface area contributed by atoms with Gasteiger partial charge < -0.3 is 14.2 Å². The fraction of sp³-hybridized carbons (Fsp3) is 0.333. The highest BCUT2D eigenvalue weighted by atomic mass is 79.9. The molecule has 186 valence electrons. The van der Waals surface area contributed by atoms with Gasteiger partial charge in [0.1, 0.15) is 10.8 Å². The highest BCUT2D eigenvalue weighted by Crippen LogP contribution is 2.42. The summed E-state index contributed by atoms with van der Waals surface area (Å²) in [7, 11) is 2.72. The normalized spacial score (nSPS) is 13.1. The summed E-state index contributed by atoms with van der Waals surface area (Å²) < 4.78 is 18.3. The van der Waals surface area contributed by atoms with Gasteiger partial charge in [0.25, 0.3) is 5.56 Å². The third-order valence-electron chi connectivity index (χ3n) is 5.40. The second-order valence-corrected chi connectivity index (χ2v) is 9.80. The molecule has 0 saturated carbocycles. The number of ether oxygens (including phenoxy) is 3. The van der Waals surface area contributed by atoms with E-state index >= 15 is 0 Å². The van der Waals surface area contributed by atoms with E-state index in [1.165, 1.54) is 25.1 Å². The molecule has 0 saturated heterocycles. The minimum absolute atomic E-state index is 0.00922. The van der Waals surface area contributed by atoms with Crippen LogP contribution in [0.5, 0.6) is 11.5 Å². The first-order chi connectivity index (χ1) is 16.6. The van der Waals surface area contributed by atoms with Crippen LogP contribution < -0.4 is 15.0 Å². The zero-order chi connectivity index (χ0) is 25.9. The van der Waals surface area contributed by atoms with Crippen molar-refractivity contribution in [3.05, 3.63) is 60.0 Å². The molecule has 0 spiro atoms. The van der Waals surface area contributed by atoms with Gasteiger partial charge in [0.2, 0.25) is 0 Å². The first kappa shape index (κ1) is 27.2. The van der Waals surface area contributed by atoms with Crippen molar-refractivity contribution in [3.8, 4) is 11.5 Å². The third kappa shape index (κ3) is 5.70. The molecule has 0 bridgehead atoms. The lowest BCUT2D eigenvalue weighted by Gasteiger charge is -2.18. The summed E-state index contributed by atoms with van der Waals surface area (Å²) in [5.41, 5.74) is 0.845. The maximum Gasteiger partial charge on any atom is 0.346 e. The van der Waals surface area contributed by atoms with Gasteiger partial charge in [-0.05, 0) is 53.5 Å². The van der Waals surface area contributed by atoms with Crippen molar-refractivity contribution in [3.63, 3.8) is 0 Å². The Hall–Kier alpha value is -2.43. The number of hydrogen-bond donors (Lipinski definition) is 0. The summed E-state index contributed by atoms with van der Waals surface area (Å²) in [6, 6.07) is 7.01. The maximum absolute atomic E-state index is 13.3. The Balaban J connectivity index is 2.13. The van der Waals surface area contributed by atoms with Crippen LogP contribution in [0.15, 0.2) is 43.1 Å². The average molecular weight is 630 g/mol. The molecule has 35 heavy (non-hydrogen) atoms. The number of carbonyl (C=O) groups is 1. The molecule has 1 aromatic heterocycles. The molecular formula is C24H24Br2ClN3O5. The van der Waals surface area contributed by atoms with E-state index in [9.17, 15) is 9.59 Å². The standard InChI is InChI=1S/C24H24Br2ClN3O5/c1-6-12(2)22-29-17-8-7-15(25)10-16(17)23(31)30(22)28-11-14-9-18(33-4)21(20(27)19(14)26)35-13(3)24(32)34-5/h7-13H,6H2,1-5H3/t12-,13-/m1/s1. The lowest BCUT2D eigenvalue weighted by molar-refractivity contribution is -0.147. The van der Waals surface area contributed by atoms with Crippen LogP contribution in [0.25, 0.3) is 10.9 Å². The number of nitrogens with zero attached hydrogens (tertiary/aromatic N) is 3. The van der Waals surface area contributed by atoms with Crippen molar-refractivity contribution in [2.75, 3.05) is 14.2 Å². The molecule has 0 radical (unpaired) electrons. The summed E-state index contributed by atoms with van der Waals surface area (Å²) in [6.45, 7) is 5.55. The predicted molar refractivity (Wildman–Crippen MR) is 143 cm³/mol. The zero-order valence-corrected chi connectivity index (χ0v) is 23.7. The van der Waals surface area contributed by atoms with Crippen molar-refractivity contribution in [2.45, 2.75) is 39.2 Å². The molecule has 0 aliphatic heterocycles. The molecular weight excluding hydrogens is 606 g/mol. The van der Waals surface area contributed by atoms with E-state index in [0.29, 0.717) is 26.8 Å². The Labute approximate surface area is 224 Å². The van der Waals surface area contributed by atoms with Gasteiger partial charge in [0, 0.05) is 20.4 Å². The molecule has 0 N–H and O–H groups in total. The number of rotatable bonds is 8. The summed E-state index contributed by atoms with van der Waals surface area (Å²) in [5, 5.41) is 5.10. The molecule has 0 unspecified atom stereocenters. The predicted octanol–water partition coefficient (Wildman–Crippen LogP) is 5.92. The molecule has 1 heterocycles. The maximum atomic E-state index is 13.3. The van der Waals surface area contributed by atoms with Gasteiger partial charge in [-0.3, -0.25) is 4.79 Å². The highest BCUT2D eigenvalue weighted by molar-refractivity contribution is 9.10. The van der Waals surface area contributed by atoms with Crippen LogP contribution in [0, 0.1) is 0 Å². The summed E-state index contributed by atoms with van der Waals surface area (Å²) in [4.78, 5) is 29.8. The van der Waals surface area contributed by atoms with Crippen molar-refractivity contribution in [1.29, 1.82) is 0 Å². The molecule has 3 rings (SSSR count). The van der Waals surface area contributed by atoms with Gasteiger partial charge in [0.15, 0.2) is 17.6 Å². The fourth-order valence-corrected chi connectivity index (χ4v) is 4.25. The molecule has 8 nitrogen and oxygen atoms in total. The van der Waals surface area contributed by atoms with E-state index in [4.69, 9.17) is 30.8 Å². The minimum Gasteiger partial charge on any atom is -0.493 e. The van der Waals surface area contributed by atoms with Gasteiger partial charge in [-0.15, -0.1) is 0 Å². The summed E-state index contributed by atoms with van der Waals surface area (Å²) >= 11 is 13.4.